The largest absolute Gasteiger partial charge is 0.480 e. The van der Waals surface area contributed by atoms with Crippen molar-refractivity contribution in [2.24, 2.45) is 0 Å². The standard InChI is InChI=1S/C12H23NO4/c1-4-9(12(14)15)13-7-10(16-5-2)11(8-13)17-6-3/h9-11H,4-8H2,1-3H3,(H,14,15)/t9-,10-,11-/m1/s1. The Morgan fingerprint density at radius 1 is 1.24 bits per heavy atom. The molecule has 0 radical (unpaired) electrons. The van der Waals surface area contributed by atoms with Crippen molar-refractivity contribution < 1.29 is 19.4 Å². The quantitative estimate of drug-likeness (QED) is 0.724. The highest BCUT2D eigenvalue weighted by atomic mass is 16.5. The molecule has 5 heteroatoms. The van der Waals surface area contributed by atoms with Crippen molar-refractivity contribution in [3.63, 3.8) is 0 Å². The summed E-state index contributed by atoms with van der Waals surface area (Å²) in [5.41, 5.74) is 0. The lowest BCUT2D eigenvalue weighted by molar-refractivity contribution is -0.143. The molecule has 0 spiro atoms. The molecule has 0 aromatic carbocycles. The molecule has 0 aliphatic carbocycles. The average Bonchev–Trinajstić information content (AvgIpc) is 2.63. The van der Waals surface area contributed by atoms with Crippen molar-refractivity contribution in [2.45, 2.75) is 45.4 Å². The number of hydrogen-bond donors (Lipinski definition) is 1. The van der Waals surface area contributed by atoms with Gasteiger partial charge in [0.2, 0.25) is 0 Å². The molecule has 100 valence electrons. The summed E-state index contributed by atoms with van der Waals surface area (Å²) in [6, 6.07) is -0.427. The molecule has 1 aliphatic rings. The first-order valence-electron chi connectivity index (χ1n) is 6.34. The average molecular weight is 245 g/mol. The minimum atomic E-state index is -0.764. The Morgan fingerprint density at radius 2 is 1.71 bits per heavy atom. The Kier molecular flexibility index (Phi) is 5.88. The summed E-state index contributed by atoms with van der Waals surface area (Å²) >= 11 is 0. The zero-order valence-corrected chi connectivity index (χ0v) is 10.9. The highest BCUT2D eigenvalue weighted by Crippen LogP contribution is 2.20. The zero-order chi connectivity index (χ0) is 12.8. The van der Waals surface area contributed by atoms with E-state index in [4.69, 9.17) is 14.6 Å². The number of carboxylic acid groups (broad SMARTS) is 1. The number of likely N-dealkylation sites (tertiary alicyclic amines) is 1. The maximum atomic E-state index is 11.1. The number of rotatable bonds is 7. The van der Waals surface area contributed by atoms with Crippen LogP contribution in [-0.2, 0) is 14.3 Å². The summed E-state index contributed by atoms with van der Waals surface area (Å²) in [5.74, 6) is -0.764. The molecule has 0 unspecified atom stereocenters. The van der Waals surface area contributed by atoms with Crippen molar-refractivity contribution in [1.82, 2.24) is 4.90 Å². The van der Waals surface area contributed by atoms with Gasteiger partial charge < -0.3 is 14.6 Å². The first kappa shape index (κ1) is 14.4. The number of carboxylic acids is 1. The van der Waals surface area contributed by atoms with Gasteiger partial charge in [-0.15, -0.1) is 0 Å². The SMILES string of the molecule is CCO[C@@H]1CN([C@H](CC)C(=O)O)C[C@H]1OCC. The van der Waals surface area contributed by atoms with Gasteiger partial charge in [-0.05, 0) is 20.3 Å². The normalized spacial score (nSPS) is 27.2. The van der Waals surface area contributed by atoms with Crippen LogP contribution in [0.4, 0.5) is 0 Å². The van der Waals surface area contributed by atoms with Gasteiger partial charge in [-0.25, -0.2) is 0 Å². The third-order valence-electron chi connectivity index (χ3n) is 3.12. The summed E-state index contributed by atoms with van der Waals surface area (Å²) in [6.07, 6.45) is 0.592. The van der Waals surface area contributed by atoms with Crippen LogP contribution in [0.25, 0.3) is 0 Å². The second-order valence-electron chi connectivity index (χ2n) is 4.20. The number of ether oxygens (including phenoxy) is 2. The molecule has 0 bridgehead atoms. The first-order valence-corrected chi connectivity index (χ1v) is 6.34. The molecule has 1 fully saturated rings. The molecule has 0 saturated carbocycles. The highest BCUT2D eigenvalue weighted by Gasteiger charge is 2.38. The van der Waals surface area contributed by atoms with Crippen LogP contribution in [0.1, 0.15) is 27.2 Å². The van der Waals surface area contributed by atoms with Crippen LogP contribution in [0, 0.1) is 0 Å². The maximum Gasteiger partial charge on any atom is 0.320 e. The fourth-order valence-electron chi connectivity index (χ4n) is 2.36. The third kappa shape index (κ3) is 3.66. The molecule has 1 aliphatic heterocycles. The monoisotopic (exact) mass is 245 g/mol. The van der Waals surface area contributed by atoms with E-state index in [0.29, 0.717) is 32.7 Å². The lowest BCUT2D eigenvalue weighted by atomic mass is 10.2. The Hall–Kier alpha value is -0.650. The van der Waals surface area contributed by atoms with E-state index < -0.39 is 12.0 Å². The summed E-state index contributed by atoms with van der Waals surface area (Å²) in [7, 11) is 0. The van der Waals surface area contributed by atoms with E-state index in [2.05, 4.69) is 0 Å². The molecule has 17 heavy (non-hydrogen) atoms. The van der Waals surface area contributed by atoms with Gasteiger partial charge in [0, 0.05) is 26.3 Å². The van der Waals surface area contributed by atoms with Gasteiger partial charge in [-0.2, -0.15) is 0 Å². The van der Waals surface area contributed by atoms with E-state index >= 15 is 0 Å². The van der Waals surface area contributed by atoms with Gasteiger partial charge >= 0.3 is 5.97 Å². The lowest BCUT2D eigenvalue weighted by Crippen LogP contribution is -2.40. The summed E-state index contributed by atoms with van der Waals surface area (Å²) < 4.78 is 11.2. The van der Waals surface area contributed by atoms with Crippen LogP contribution in [0.15, 0.2) is 0 Å². The minimum absolute atomic E-state index is 0.00616. The van der Waals surface area contributed by atoms with E-state index in [0.717, 1.165) is 0 Å². The second-order valence-corrected chi connectivity index (χ2v) is 4.20. The number of aliphatic carboxylic acids is 1. The highest BCUT2D eigenvalue weighted by molar-refractivity contribution is 5.73. The van der Waals surface area contributed by atoms with Gasteiger partial charge in [0.1, 0.15) is 6.04 Å². The molecule has 0 aromatic rings. The zero-order valence-electron chi connectivity index (χ0n) is 10.9. The summed E-state index contributed by atoms with van der Waals surface area (Å²) in [6.45, 7) is 8.33. The number of carbonyl (C=O) groups is 1. The van der Waals surface area contributed by atoms with E-state index in [9.17, 15) is 4.79 Å². The van der Waals surface area contributed by atoms with E-state index in [1.165, 1.54) is 0 Å². The van der Waals surface area contributed by atoms with E-state index in [1.54, 1.807) is 0 Å². The predicted molar refractivity (Wildman–Crippen MR) is 64.1 cm³/mol. The number of nitrogens with zero attached hydrogens (tertiary/aromatic N) is 1. The third-order valence-corrected chi connectivity index (χ3v) is 3.12. The van der Waals surface area contributed by atoms with Crippen molar-refractivity contribution in [3.8, 4) is 0 Å². The van der Waals surface area contributed by atoms with Crippen molar-refractivity contribution in [1.29, 1.82) is 0 Å². The van der Waals surface area contributed by atoms with E-state index in [-0.39, 0.29) is 12.2 Å². The summed E-state index contributed by atoms with van der Waals surface area (Å²) in [5, 5.41) is 9.14. The molecule has 1 heterocycles. The molecular weight excluding hydrogens is 222 g/mol. The van der Waals surface area contributed by atoms with Crippen LogP contribution in [0.3, 0.4) is 0 Å². The molecule has 0 aromatic heterocycles. The van der Waals surface area contributed by atoms with Crippen LogP contribution >= 0.6 is 0 Å². The molecular formula is C12H23NO4. The van der Waals surface area contributed by atoms with Crippen molar-refractivity contribution in [2.75, 3.05) is 26.3 Å². The van der Waals surface area contributed by atoms with Crippen LogP contribution in [0.2, 0.25) is 0 Å². The summed E-state index contributed by atoms with van der Waals surface area (Å²) in [4.78, 5) is 13.1. The minimum Gasteiger partial charge on any atom is -0.480 e. The molecule has 1 N–H and O–H groups in total. The van der Waals surface area contributed by atoms with Gasteiger partial charge in [0.25, 0.3) is 0 Å². The molecule has 5 nitrogen and oxygen atoms in total. The Balaban J connectivity index is 2.63. The number of hydrogen-bond acceptors (Lipinski definition) is 4. The second kappa shape index (κ2) is 6.93. The van der Waals surface area contributed by atoms with Crippen LogP contribution in [-0.4, -0.2) is 60.5 Å². The fraction of sp³-hybridized carbons (Fsp3) is 0.917. The van der Waals surface area contributed by atoms with Gasteiger partial charge in [-0.1, -0.05) is 6.92 Å². The Bertz CT molecular complexity index is 233. The van der Waals surface area contributed by atoms with Gasteiger partial charge in [0.05, 0.1) is 12.2 Å². The predicted octanol–water partition coefficient (Wildman–Crippen LogP) is 0.975. The van der Waals surface area contributed by atoms with Crippen LogP contribution < -0.4 is 0 Å². The molecule has 1 rings (SSSR count). The smallest absolute Gasteiger partial charge is 0.320 e. The molecule has 1 saturated heterocycles. The first-order chi connectivity index (χ1) is 8.13. The van der Waals surface area contributed by atoms with E-state index in [1.807, 2.05) is 25.7 Å². The van der Waals surface area contributed by atoms with Crippen molar-refractivity contribution >= 4 is 5.97 Å². The topological polar surface area (TPSA) is 59.0 Å². The van der Waals surface area contributed by atoms with Crippen molar-refractivity contribution in [3.05, 3.63) is 0 Å². The van der Waals surface area contributed by atoms with Crippen LogP contribution in [0.5, 0.6) is 0 Å². The van der Waals surface area contributed by atoms with Gasteiger partial charge in [0.15, 0.2) is 0 Å². The van der Waals surface area contributed by atoms with Gasteiger partial charge in [-0.3, -0.25) is 9.69 Å². The fourth-order valence-corrected chi connectivity index (χ4v) is 2.36. The Morgan fingerprint density at radius 3 is 2.00 bits per heavy atom. The lowest BCUT2D eigenvalue weighted by Gasteiger charge is -2.22. The molecule has 3 atom stereocenters. The molecule has 0 amide bonds. The Labute approximate surface area is 103 Å². The maximum absolute atomic E-state index is 11.1.